The summed E-state index contributed by atoms with van der Waals surface area (Å²) in [4.78, 5) is 23.5. The molecule has 0 saturated heterocycles. The Morgan fingerprint density at radius 1 is 1.04 bits per heavy atom. The van der Waals surface area contributed by atoms with Gasteiger partial charge in [-0.2, -0.15) is 0 Å². The summed E-state index contributed by atoms with van der Waals surface area (Å²) in [6, 6.07) is 8.88. The molecule has 0 saturated carbocycles. The van der Waals surface area contributed by atoms with Crippen molar-refractivity contribution in [2.75, 3.05) is 11.9 Å². The predicted octanol–water partition coefficient (Wildman–Crippen LogP) is 2.06. The molecule has 0 aliphatic rings. The van der Waals surface area contributed by atoms with Gasteiger partial charge >= 0.3 is 11.8 Å². The van der Waals surface area contributed by atoms with Gasteiger partial charge in [0.2, 0.25) is 0 Å². The van der Waals surface area contributed by atoms with Crippen molar-refractivity contribution in [2.24, 2.45) is 0 Å². The fourth-order valence-electron chi connectivity index (χ4n) is 2.02. The lowest BCUT2D eigenvalue weighted by molar-refractivity contribution is -0.136. The van der Waals surface area contributed by atoms with E-state index >= 15 is 0 Å². The lowest BCUT2D eigenvalue weighted by Crippen LogP contribution is -2.37. The third-order valence-electron chi connectivity index (χ3n) is 3.35. The van der Waals surface area contributed by atoms with Crippen molar-refractivity contribution in [3.63, 3.8) is 0 Å². The average molecular weight is 334 g/mol. The second kappa shape index (κ2) is 7.65. The van der Waals surface area contributed by atoms with Crippen LogP contribution in [0.15, 0.2) is 42.5 Å². The molecule has 0 heterocycles. The molecular weight excluding hydrogens is 318 g/mol. The number of carbonyl (C=O) groups is 2. The summed E-state index contributed by atoms with van der Waals surface area (Å²) in [6.07, 6.45) is -1.07. The molecule has 0 aliphatic carbocycles. The topological polar surface area (TPSA) is 78.4 Å². The zero-order chi connectivity index (χ0) is 17.7. The van der Waals surface area contributed by atoms with Crippen LogP contribution in [0.5, 0.6) is 0 Å². The molecule has 1 unspecified atom stereocenters. The third kappa shape index (κ3) is 4.60. The van der Waals surface area contributed by atoms with Gasteiger partial charge in [0.15, 0.2) is 0 Å². The summed E-state index contributed by atoms with van der Waals surface area (Å²) in [5, 5.41) is 14.5. The number of benzene rings is 2. The van der Waals surface area contributed by atoms with Crippen molar-refractivity contribution < 1.29 is 23.5 Å². The molecule has 3 N–H and O–H groups in total. The Balaban J connectivity index is 1.89. The Hall–Kier alpha value is -2.80. The van der Waals surface area contributed by atoms with Crippen LogP contribution in [-0.2, 0) is 9.59 Å². The largest absolute Gasteiger partial charge is 0.387 e. The zero-order valence-corrected chi connectivity index (χ0v) is 12.8. The first kappa shape index (κ1) is 17.6. The first-order chi connectivity index (χ1) is 11.4. The Labute approximate surface area is 137 Å². The van der Waals surface area contributed by atoms with E-state index in [9.17, 15) is 23.5 Å². The summed E-state index contributed by atoms with van der Waals surface area (Å²) in [5.74, 6) is -2.77. The molecule has 2 rings (SSSR count). The summed E-state index contributed by atoms with van der Waals surface area (Å²) in [6.45, 7) is 1.38. The van der Waals surface area contributed by atoms with E-state index in [4.69, 9.17) is 0 Å². The highest BCUT2D eigenvalue weighted by atomic mass is 19.1. The van der Waals surface area contributed by atoms with Crippen LogP contribution in [0.4, 0.5) is 14.5 Å². The maximum Gasteiger partial charge on any atom is 0.313 e. The molecule has 5 nitrogen and oxygen atoms in total. The van der Waals surface area contributed by atoms with E-state index in [2.05, 4.69) is 10.6 Å². The predicted molar refractivity (Wildman–Crippen MR) is 84.1 cm³/mol. The van der Waals surface area contributed by atoms with Gasteiger partial charge in [0, 0.05) is 12.2 Å². The minimum Gasteiger partial charge on any atom is -0.387 e. The van der Waals surface area contributed by atoms with Crippen LogP contribution >= 0.6 is 0 Å². The molecule has 2 aromatic rings. The van der Waals surface area contributed by atoms with Gasteiger partial charge in [-0.3, -0.25) is 9.59 Å². The van der Waals surface area contributed by atoms with Gasteiger partial charge in [-0.25, -0.2) is 8.78 Å². The Morgan fingerprint density at radius 3 is 2.29 bits per heavy atom. The van der Waals surface area contributed by atoms with E-state index in [1.165, 1.54) is 42.5 Å². The molecule has 0 bridgehead atoms. The number of aliphatic hydroxyl groups excluding tert-OH is 1. The molecule has 0 radical (unpaired) electrons. The second-order valence-corrected chi connectivity index (χ2v) is 5.19. The number of aliphatic hydroxyl groups is 1. The van der Waals surface area contributed by atoms with E-state index in [1.54, 1.807) is 6.92 Å². The number of nitrogens with one attached hydrogen (secondary N) is 2. The highest BCUT2D eigenvalue weighted by Gasteiger charge is 2.17. The van der Waals surface area contributed by atoms with Gasteiger partial charge in [0.05, 0.1) is 6.10 Å². The summed E-state index contributed by atoms with van der Waals surface area (Å²) in [7, 11) is 0. The van der Waals surface area contributed by atoms with E-state index in [0.717, 1.165) is 0 Å². The molecule has 0 fully saturated rings. The number of aryl methyl sites for hydroxylation is 1. The summed E-state index contributed by atoms with van der Waals surface area (Å²) < 4.78 is 25.8. The number of hydrogen-bond acceptors (Lipinski definition) is 3. The molecule has 1 atom stereocenters. The van der Waals surface area contributed by atoms with Crippen LogP contribution in [-0.4, -0.2) is 23.5 Å². The second-order valence-electron chi connectivity index (χ2n) is 5.19. The number of hydrogen-bond donors (Lipinski definition) is 3. The SMILES string of the molecule is Cc1cc(F)ccc1NC(=O)C(=O)NCC(O)c1ccc(F)cc1. The van der Waals surface area contributed by atoms with Crippen LogP contribution in [0.1, 0.15) is 17.2 Å². The normalized spacial score (nSPS) is 11.7. The van der Waals surface area contributed by atoms with Crippen molar-refractivity contribution in [1.29, 1.82) is 0 Å². The van der Waals surface area contributed by atoms with Crippen LogP contribution in [0.25, 0.3) is 0 Å². The fourth-order valence-corrected chi connectivity index (χ4v) is 2.02. The van der Waals surface area contributed by atoms with Crippen molar-refractivity contribution in [1.82, 2.24) is 5.32 Å². The quantitative estimate of drug-likeness (QED) is 0.749. The van der Waals surface area contributed by atoms with Gasteiger partial charge in [-0.15, -0.1) is 0 Å². The van der Waals surface area contributed by atoms with E-state index < -0.39 is 29.6 Å². The van der Waals surface area contributed by atoms with E-state index in [-0.39, 0.29) is 6.54 Å². The standard InChI is InChI=1S/C17H16F2N2O3/c1-10-8-13(19)6-7-14(10)21-17(24)16(23)20-9-15(22)11-2-4-12(18)5-3-11/h2-8,15,22H,9H2,1H3,(H,20,23)(H,21,24). The Kier molecular flexibility index (Phi) is 5.59. The molecule has 2 amide bonds. The molecule has 0 aliphatic heterocycles. The molecule has 0 aromatic heterocycles. The van der Waals surface area contributed by atoms with Crippen molar-refractivity contribution in [3.05, 3.63) is 65.2 Å². The first-order valence-electron chi connectivity index (χ1n) is 7.15. The van der Waals surface area contributed by atoms with E-state index in [1.807, 2.05) is 0 Å². The van der Waals surface area contributed by atoms with Crippen LogP contribution < -0.4 is 10.6 Å². The Bertz CT molecular complexity index is 748. The smallest absolute Gasteiger partial charge is 0.313 e. The van der Waals surface area contributed by atoms with Crippen molar-refractivity contribution in [2.45, 2.75) is 13.0 Å². The van der Waals surface area contributed by atoms with Gasteiger partial charge in [0.1, 0.15) is 11.6 Å². The van der Waals surface area contributed by atoms with Crippen LogP contribution in [0.3, 0.4) is 0 Å². The minimum absolute atomic E-state index is 0.208. The first-order valence-corrected chi connectivity index (χ1v) is 7.15. The lowest BCUT2D eigenvalue weighted by atomic mass is 10.1. The minimum atomic E-state index is -1.07. The maximum absolute atomic E-state index is 13.0. The molecule has 2 aromatic carbocycles. The summed E-state index contributed by atoms with van der Waals surface area (Å²) >= 11 is 0. The molecule has 24 heavy (non-hydrogen) atoms. The number of rotatable bonds is 4. The highest BCUT2D eigenvalue weighted by molar-refractivity contribution is 6.39. The lowest BCUT2D eigenvalue weighted by Gasteiger charge is -2.13. The fraction of sp³-hybridized carbons (Fsp3) is 0.176. The van der Waals surface area contributed by atoms with Gasteiger partial charge in [-0.1, -0.05) is 12.1 Å². The monoisotopic (exact) mass is 334 g/mol. The Morgan fingerprint density at radius 2 is 1.67 bits per heavy atom. The number of anilines is 1. The zero-order valence-electron chi connectivity index (χ0n) is 12.8. The highest BCUT2D eigenvalue weighted by Crippen LogP contribution is 2.15. The van der Waals surface area contributed by atoms with E-state index in [0.29, 0.717) is 16.8 Å². The van der Waals surface area contributed by atoms with Gasteiger partial charge in [-0.05, 0) is 48.4 Å². The van der Waals surface area contributed by atoms with Crippen LogP contribution in [0.2, 0.25) is 0 Å². The van der Waals surface area contributed by atoms with Gasteiger partial charge < -0.3 is 15.7 Å². The van der Waals surface area contributed by atoms with Gasteiger partial charge in [0.25, 0.3) is 0 Å². The molecule has 0 spiro atoms. The average Bonchev–Trinajstić information content (AvgIpc) is 2.55. The number of halogens is 2. The maximum atomic E-state index is 13.0. The van der Waals surface area contributed by atoms with Crippen molar-refractivity contribution in [3.8, 4) is 0 Å². The summed E-state index contributed by atoms with van der Waals surface area (Å²) in [5.41, 5.74) is 1.20. The molecule has 7 heteroatoms. The molecule has 126 valence electrons. The number of amides is 2. The van der Waals surface area contributed by atoms with Crippen LogP contribution in [0, 0.1) is 18.6 Å². The third-order valence-corrected chi connectivity index (χ3v) is 3.35. The van der Waals surface area contributed by atoms with Crippen molar-refractivity contribution >= 4 is 17.5 Å². The number of carbonyl (C=O) groups excluding carboxylic acids is 2. The molecular formula is C17H16F2N2O3.